The van der Waals surface area contributed by atoms with Crippen LogP contribution in [0.15, 0.2) is 55.1 Å². The Kier molecular flexibility index (Phi) is 3.88. The van der Waals surface area contributed by atoms with Crippen molar-refractivity contribution in [3.63, 3.8) is 0 Å². The van der Waals surface area contributed by atoms with E-state index in [4.69, 9.17) is 0 Å². The summed E-state index contributed by atoms with van der Waals surface area (Å²) in [6.45, 7) is 2.76. The fourth-order valence-electron chi connectivity index (χ4n) is 2.61. The summed E-state index contributed by atoms with van der Waals surface area (Å²) in [6.07, 6.45) is 6.46. The monoisotopic (exact) mass is 281 g/mol. The van der Waals surface area contributed by atoms with Crippen molar-refractivity contribution in [3.8, 4) is 0 Å². The third-order valence-corrected chi connectivity index (χ3v) is 3.55. The lowest BCUT2D eigenvalue weighted by Gasteiger charge is -2.21. The predicted molar refractivity (Wildman–Crippen MR) is 81.5 cm³/mol. The Hall–Kier alpha value is -2.33. The van der Waals surface area contributed by atoms with Crippen molar-refractivity contribution >= 4 is 10.8 Å². The molecule has 21 heavy (non-hydrogen) atoms. The highest BCUT2D eigenvalue weighted by Crippen LogP contribution is 2.29. The van der Waals surface area contributed by atoms with Crippen LogP contribution >= 0.6 is 0 Å². The van der Waals surface area contributed by atoms with Crippen molar-refractivity contribution in [2.45, 2.75) is 13.0 Å². The van der Waals surface area contributed by atoms with Gasteiger partial charge in [-0.25, -0.2) is 4.39 Å². The van der Waals surface area contributed by atoms with E-state index in [9.17, 15) is 4.39 Å². The second-order valence-corrected chi connectivity index (χ2v) is 4.83. The first kappa shape index (κ1) is 13.6. The number of fused-ring (bicyclic) bond motifs is 1. The Morgan fingerprint density at radius 1 is 1.05 bits per heavy atom. The van der Waals surface area contributed by atoms with Gasteiger partial charge in [-0.2, -0.15) is 0 Å². The molecule has 1 aromatic carbocycles. The molecule has 0 saturated heterocycles. The van der Waals surface area contributed by atoms with E-state index in [1.165, 1.54) is 6.20 Å². The van der Waals surface area contributed by atoms with Crippen LogP contribution in [0.2, 0.25) is 0 Å². The van der Waals surface area contributed by atoms with Crippen molar-refractivity contribution < 1.29 is 4.39 Å². The fraction of sp³-hybridized carbons (Fsp3) is 0.176. The van der Waals surface area contributed by atoms with Crippen LogP contribution in [0.4, 0.5) is 4.39 Å². The van der Waals surface area contributed by atoms with Gasteiger partial charge in [-0.05, 0) is 29.6 Å². The van der Waals surface area contributed by atoms with Crippen LogP contribution in [0.5, 0.6) is 0 Å². The van der Waals surface area contributed by atoms with Crippen LogP contribution < -0.4 is 5.32 Å². The first-order valence-corrected chi connectivity index (χ1v) is 6.96. The molecule has 0 aliphatic carbocycles. The minimum atomic E-state index is -0.297. The van der Waals surface area contributed by atoms with Crippen molar-refractivity contribution in [1.29, 1.82) is 0 Å². The molecule has 2 aromatic heterocycles. The minimum absolute atomic E-state index is 0.205. The summed E-state index contributed by atoms with van der Waals surface area (Å²) in [5.41, 5.74) is 1.65. The quantitative estimate of drug-likeness (QED) is 0.795. The van der Waals surface area contributed by atoms with E-state index in [1.807, 2.05) is 37.4 Å². The molecular formula is C17H16FN3. The Labute approximate surface area is 122 Å². The van der Waals surface area contributed by atoms with Gasteiger partial charge in [-0.15, -0.1) is 0 Å². The van der Waals surface area contributed by atoms with Crippen LogP contribution in [0, 0.1) is 5.82 Å². The number of aromatic nitrogens is 2. The zero-order valence-electron chi connectivity index (χ0n) is 11.8. The highest BCUT2D eigenvalue weighted by molar-refractivity contribution is 5.85. The summed E-state index contributed by atoms with van der Waals surface area (Å²) < 4.78 is 14.1. The van der Waals surface area contributed by atoms with E-state index in [-0.39, 0.29) is 11.9 Å². The third kappa shape index (κ3) is 2.62. The molecule has 0 saturated carbocycles. The number of benzene rings is 1. The number of nitrogens with one attached hydrogen (secondary N) is 1. The van der Waals surface area contributed by atoms with Crippen molar-refractivity contribution in [3.05, 3.63) is 72.1 Å². The normalized spacial score (nSPS) is 12.5. The maximum atomic E-state index is 14.1. The van der Waals surface area contributed by atoms with Gasteiger partial charge in [0.1, 0.15) is 5.82 Å². The molecule has 1 unspecified atom stereocenters. The number of hydrogen-bond donors (Lipinski definition) is 1. The molecular weight excluding hydrogens is 265 g/mol. The summed E-state index contributed by atoms with van der Waals surface area (Å²) in [5, 5.41) is 5.49. The summed E-state index contributed by atoms with van der Waals surface area (Å²) in [7, 11) is 0. The smallest absolute Gasteiger partial charge is 0.146 e. The topological polar surface area (TPSA) is 37.8 Å². The molecule has 3 nitrogen and oxygen atoms in total. The molecule has 0 amide bonds. The maximum absolute atomic E-state index is 14.1. The molecule has 1 atom stereocenters. The Bertz CT molecular complexity index is 752. The van der Waals surface area contributed by atoms with Crippen molar-refractivity contribution in [1.82, 2.24) is 15.3 Å². The molecule has 0 fully saturated rings. The van der Waals surface area contributed by atoms with Gasteiger partial charge < -0.3 is 5.32 Å². The Morgan fingerprint density at radius 3 is 2.67 bits per heavy atom. The van der Waals surface area contributed by atoms with Gasteiger partial charge in [-0.1, -0.05) is 25.1 Å². The Morgan fingerprint density at radius 2 is 1.86 bits per heavy atom. The third-order valence-electron chi connectivity index (χ3n) is 3.55. The van der Waals surface area contributed by atoms with Gasteiger partial charge in [0.15, 0.2) is 0 Å². The highest BCUT2D eigenvalue weighted by Gasteiger charge is 2.18. The van der Waals surface area contributed by atoms with Gasteiger partial charge in [-0.3, -0.25) is 9.97 Å². The summed E-state index contributed by atoms with van der Waals surface area (Å²) in [6, 6.07) is 9.50. The number of nitrogens with zero attached hydrogens (tertiary/aromatic N) is 2. The van der Waals surface area contributed by atoms with Gasteiger partial charge in [0.25, 0.3) is 0 Å². The molecule has 0 radical (unpaired) electrons. The van der Waals surface area contributed by atoms with Gasteiger partial charge in [0, 0.05) is 29.5 Å². The summed E-state index contributed by atoms with van der Waals surface area (Å²) >= 11 is 0. The lowest BCUT2D eigenvalue weighted by atomic mass is 9.94. The maximum Gasteiger partial charge on any atom is 0.146 e. The van der Waals surface area contributed by atoms with Gasteiger partial charge in [0.2, 0.25) is 0 Å². The van der Waals surface area contributed by atoms with E-state index >= 15 is 0 Å². The molecule has 0 aliphatic rings. The van der Waals surface area contributed by atoms with E-state index in [0.717, 1.165) is 22.9 Å². The molecule has 4 heteroatoms. The number of rotatable bonds is 4. The molecule has 1 N–H and O–H groups in total. The highest BCUT2D eigenvalue weighted by atomic mass is 19.1. The van der Waals surface area contributed by atoms with Crippen molar-refractivity contribution in [2.24, 2.45) is 0 Å². The molecule has 2 heterocycles. The SMILES string of the molecule is CCNC(c1ccncc1F)c1cccc2cnccc12. The zero-order chi connectivity index (χ0) is 14.7. The number of pyridine rings is 2. The van der Waals surface area contributed by atoms with E-state index in [1.54, 1.807) is 18.5 Å². The zero-order valence-corrected chi connectivity index (χ0v) is 11.8. The Balaban J connectivity index is 2.19. The van der Waals surface area contributed by atoms with E-state index in [2.05, 4.69) is 15.3 Å². The average Bonchev–Trinajstić information content (AvgIpc) is 2.53. The van der Waals surface area contributed by atoms with E-state index in [0.29, 0.717) is 5.56 Å². The van der Waals surface area contributed by atoms with Crippen LogP contribution in [0.25, 0.3) is 10.8 Å². The lowest BCUT2D eigenvalue weighted by Crippen LogP contribution is -2.23. The fourth-order valence-corrected chi connectivity index (χ4v) is 2.61. The first-order chi connectivity index (χ1) is 10.3. The molecule has 0 spiro atoms. The van der Waals surface area contributed by atoms with E-state index < -0.39 is 0 Å². The predicted octanol–water partition coefficient (Wildman–Crippen LogP) is 3.47. The molecule has 3 rings (SSSR count). The standard InChI is InChI=1S/C17H16FN3/c1-2-21-17(15-7-9-20-11-16(15)18)14-5-3-4-12-10-19-8-6-13(12)14/h3-11,17,21H,2H2,1H3. The number of halogens is 1. The first-order valence-electron chi connectivity index (χ1n) is 6.96. The molecule has 106 valence electrons. The van der Waals surface area contributed by atoms with Crippen molar-refractivity contribution in [2.75, 3.05) is 6.54 Å². The average molecular weight is 281 g/mol. The second-order valence-electron chi connectivity index (χ2n) is 4.83. The summed E-state index contributed by atoms with van der Waals surface area (Å²) in [5.74, 6) is -0.297. The van der Waals surface area contributed by atoms with Crippen LogP contribution in [0.1, 0.15) is 24.1 Å². The molecule has 0 aliphatic heterocycles. The molecule has 0 bridgehead atoms. The molecule has 3 aromatic rings. The second kappa shape index (κ2) is 5.97. The largest absolute Gasteiger partial charge is 0.306 e. The van der Waals surface area contributed by atoms with Gasteiger partial charge in [0.05, 0.1) is 12.2 Å². The van der Waals surface area contributed by atoms with Crippen LogP contribution in [-0.4, -0.2) is 16.5 Å². The summed E-state index contributed by atoms with van der Waals surface area (Å²) in [4.78, 5) is 7.98. The lowest BCUT2D eigenvalue weighted by molar-refractivity contribution is 0.556. The minimum Gasteiger partial charge on any atom is -0.306 e. The van der Waals surface area contributed by atoms with Crippen LogP contribution in [0.3, 0.4) is 0 Å². The van der Waals surface area contributed by atoms with Crippen LogP contribution in [-0.2, 0) is 0 Å². The number of hydrogen-bond acceptors (Lipinski definition) is 3. The van der Waals surface area contributed by atoms with Gasteiger partial charge >= 0.3 is 0 Å².